The number of aliphatic hydroxyl groups excluding tert-OH is 1. The number of aliphatic hydroxyl groups is 1. The number of hydrogen-bond donors (Lipinski definition) is 2. The van der Waals surface area contributed by atoms with E-state index in [9.17, 15) is 9.90 Å². The summed E-state index contributed by atoms with van der Waals surface area (Å²) in [5.74, 6) is 1.67. The molecule has 6 atom stereocenters. The van der Waals surface area contributed by atoms with E-state index >= 15 is 0 Å². The number of fused-ring (bicyclic) bond motifs is 5. The van der Waals surface area contributed by atoms with Crippen molar-refractivity contribution in [2.75, 3.05) is 0 Å². The fraction of sp³-hybridized carbons (Fsp3) is 0.441. The fourth-order valence-corrected chi connectivity index (χ4v) is 8.23. The SMILES string of the molecule is CC12CCC3c4ccc(CCc5ccccc5)cc4CCC3C1CC(Cc1cccc(C(N)=O)c1)C2O. The molecule has 6 unspecified atom stereocenters. The zero-order chi connectivity index (χ0) is 25.6. The van der Waals surface area contributed by atoms with Gasteiger partial charge in [0.25, 0.3) is 0 Å². The first-order chi connectivity index (χ1) is 17.9. The highest BCUT2D eigenvalue weighted by Crippen LogP contribution is 2.62. The Hall–Kier alpha value is -2.91. The van der Waals surface area contributed by atoms with E-state index in [4.69, 9.17) is 5.73 Å². The van der Waals surface area contributed by atoms with Crippen LogP contribution in [0.15, 0.2) is 72.8 Å². The standard InChI is InChI=1S/C34H39NO2/c1-34-17-16-29-28-14-12-23(11-10-22-6-3-2-4-7-22)18-25(28)13-15-30(29)31(34)21-27(32(34)36)20-24-8-5-9-26(19-24)33(35)37/h2-9,12,14,18-19,27,29-32,36H,10-11,13,15-17,20-21H2,1H3,(H2,35,37). The second-order valence-corrected chi connectivity index (χ2v) is 12.2. The summed E-state index contributed by atoms with van der Waals surface area (Å²) in [7, 11) is 0. The third kappa shape index (κ3) is 4.52. The number of carbonyl (C=O) groups excluding carboxylic acids is 1. The summed E-state index contributed by atoms with van der Waals surface area (Å²) in [6.45, 7) is 2.35. The summed E-state index contributed by atoms with van der Waals surface area (Å²) >= 11 is 0. The van der Waals surface area contributed by atoms with E-state index in [0.29, 0.717) is 23.3 Å². The van der Waals surface area contributed by atoms with Crippen molar-refractivity contribution >= 4 is 5.91 Å². The minimum Gasteiger partial charge on any atom is -0.392 e. The molecular weight excluding hydrogens is 454 g/mol. The molecular formula is C34H39NO2. The predicted molar refractivity (Wildman–Crippen MR) is 148 cm³/mol. The van der Waals surface area contributed by atoms with E-state index in [1.165, 1.54) is 24.0 Å². The third-order valence-corrected chi connectivity index (χ3v) is 10.2. The first kappa shape index (κ1) is 24.4. The van der Waals surface area contributed by atoms with Crippen LogP contribution >= 0.6 is 0 Å². The van der Waals surface area contributed by atoms with Crippen LogP contribution < -0.4 is 5.73 Å². The van der Waals surface area contributed by atoms with Crippen LogP contribution in [0.4, 0.5) is 0 Å². The Morgan fingerprint density at radius 3 is 2.54 bits per heavy atom. The molecule has 37 heavy (non-hydrogen) atoms. The van der Waals surface area contributed by atoms with Gasteiger partial charge in [-0.15, -0.1) is 0 Å². The van der Waals surface area contributed by atoms with Gasteiger partial charge in [0.1, 0.15) is 0 Å². The molecule has 1 amide bonds. The van der Waals surface area contributed by atoms with Crippen LogP contribution in [-0.2, 0) is 25.7 Å². The Balaban J connectivity index is 1.18. The summed E-state index contributed by atoms with van der Waals surface area (Å²) < 4.78 is 0. The fourth-order valence-electron chi connectivity index (χ4n) is 8.23. The van der Waals surface area contributed by atoms with Crippen molar-refractivity contribution < 1.29 is 9.90 Å². The van der Waals surface area contributed by atoms with Gasteiger partial charge in [0, 0.05) is 5.56 Å². The molecule has 2 fully saturated rings. The maximum absolute atomic E-state index is 11.7. The maximum Gasteiger partial charge on any atom is 0.248 e. The quantitative estimate of drug-likeness (QED) is 0.426. The van der Waals surface area contributed by atoms with E-state index in [0.717, 1.165) is 44.1 Å². The largest absolute Gasteiger partial charge is 0.392 e. The number of hydrogen-bond acceptors (Lipinski definition) is 2. The monoisotopic (exact) mass is 493 g/mol. The second-order valence-electron chi connectivity index (χ2n) is 12.2. The van der Waals surface area contributed by atoms with E-state index in [2.05, 4.69) is 61.5 Å². The second kappa shape index (κ2) is 9.76. The van der Waals surface area contributed by atoms with Crippen LogP contribution in [0.2, 0.25) is 0 Å². The number of primary amides is 1. The summed E-state index contributed by atoms with van der Waals surface area (Å²) in [6.07, 6.45) is 8.43. The zero-order valence-corrected chi connectivity index (χ0v) is 21.9. The van der Waals surface area contributed by atoms with Crippen molar-refractivity contribution in [3.63, 3.8) is 0 Å². The molecule has 3 aromatic rings. The summed E-state index contributed by atoms with van der Waals surface area (Å²) in [5, 5.41) is 11.6. The maximum atomic E-state index is 11.7. The summed E-state index contributed by atoms with van der Waals surface area (Å²) in [6, 6.07) is 25.7. The third-order valence-electron chi connectivity index (χ3n) is 10.2. The molecule has 192 valence electrons. The zero-order valence-electron chi connectivity index (χ0n) is 21.9. The Morgan fingerprint density at radius 2 is 1.73 bits per heavy atom. The van der Waals surface area contributed by atoms with Crippen molar-refractivity contribution in [1.82, 2.24) is 0 Å². The topological polar surface area (TPSA) is 63.3 Å². The van der Waals surface area contributed by atoms with Gasteiger partial charge in [0.15, 0.2) is 0 Å². The molecule has 3 aliphatic carbocycles. The molecule has 0 saturated heterocycles. The molecule has 3 nitrogen and oxygen atoms in total. The number of rotatable bonds is 6. The van der Waals surface area contributed by atoms with Gasteiger partial charge >= 0.3 is 0 Å². The van der Waals surface area contributed by atoms with Gasteiger partial charge in [-0.25, -0.2) is 0 Å². The van der Waals surface area contributed by atoms with Crippen LogP contribution in [0.25, 0.3) is 0 Å². The molecule has 3 aromatic carbocycles. The van der Waals surface area contributed by atoms with Crippen LogP contribution in [0.5, 0.6) is 0 Å². The smallest absolute Gasteiger partial charge is 0.248 e. The van der Waals surface area contributed by atoms with Crippen LogP contribution in [0, 0.1) is 23.2 Å². The Kier molecular flexibility index (Phi) is 6.44. The molecule has 3 heteroatoms. The van der Waals surface area contributed by atoms with Gasteiger partial charge in [-0.05, 0) is 120 Å². The molecule has 0 heterocycles. The lowest BCUT2D eigenvalue weighted by atomic mass is 9.55. The number of amides is 1. The number of aryl methyl sites for hydroxylation is 3. The average Bonchev–Trinajstić information content (AvgIpc) is 3.17. The van der Waals surface area contributed by atoms with Gasteiger partial charge < -0.3 is 10.8 Å². The summed E-state index contributed by atoms with van der Waals surface area (Å²) in [5.41, 5.74) is 13.2. The highest BCUT2D eigenvalue weighted by molar-refractivity contribution is 5.92. The average molecular weight is 494 g/mol. The van der Waals surface area contributed by atoms with Crippen molar-refractivity contribution in [2.45, 2.75) is 70.3 Å². The van der Waals surface area contributed by atoms with Crippen molar-refractivity contribution in [3.8, 4) is 0 Å². The van der Waals surface area contributed by atoms with Gasteiger partial charge in [0.05, 0.1) is 6.10 Å². The molecule has 0 bridgehead atoms. The summed E-state index contributed by atoms with van der Waals surface area (Å²) in [4.78, 5) is 11.7. The molecule has 0 aliphatic heterocycles. The number of carbonyl (C=O) groups is 1. The molecule has 0 aromatic heterocycles. The first-order valence-electron chi connectivity index (χ1n) is 14.1. The van der Waals surface area contributed by atoms with Gasteiger partial charge in [-0.1, -0.05) is 67.6 Å². The van der Waals surface area contributed by atoms with Crippen LogP contribution in [-0.4, -0.2) is 17.1 Å². The van der Waals surface area contributed by atoms with E-state index in [-0.39, 0.29) is 23.3 Å². The van der Waals surface area contributed by atoms with E-state index in [1.807, 2.05) is 12.1 Å². The minimum atomic E-state index is -0.388. The van der Waals surface area contributed by atoms with Crippen molar-refractivity contribution in [1.29, 1.82) is 0 Å². The Bertz CT molecular complexity index is 1280. The van der Waals surface area contributed by atoms with E-state index in [1.54, 1.807) is 17.2 Å². The first-order valence-corrected chi connectivity index (χ1v) is 14.1. The molecule has 3 aliphatic rings. The van der Waals surface area contributed by atoms with Gasteiger partial charge in [0.2, 0.25) is 5.91 Å². The van der Waals surface area contributed by atoms with Crippen molar-refractivity contribution in [3.05, 3.63) is 106 Å². The number of nitrogens with two attached hydrogens (primary N) is 1. The van der Waals surface area contributed by atoms with Crippen molar-refractivity contribution in [2.24, 2.45) is 28.9 Å². The molecule has 0 radical (unpaired) electrons. The van der Waals surface area contributed by atoms with Crippen LogP contribution in [0.1, 0.15) is 76.7 Å². The highest BCUT2D eigenvalue weighted by Gasteiger charge is 2.57. The Morgan fingerprint density at radius 1 is 0.946 bits per heavy atom. The van der Waals surface area contributed by atoms with Crippen LogP contribution in [0.3, 0.4) is 0 Å². The molecule has 0 spiro atoms. The van der Waals surface area contributed by atoms with Gasteiger partial charge in [-0.3, -0.25) is 4.79 Å². The highest BCUT2D eigenvalue weighted by atomic mass is 16.3. The predicted octanol–water partition coefficient (Wildman–Crippen LogP) is 6.26. The molecule has 6 rings (SSSR count). The lowest BCUT2D eigenvalue weighted by molar-refractivity contribution is -0.0325. The minimum absolute atomic E-state index is 0.0136. The molecule has 2 saturated carbocycles. The number of benzene rings is 3. The lowest BCUT2D eigenvalue weighted by Gasteiger charge is -2.50. The van der Waals surface area contributed by atoms with Gasteiger partial charge in [-0.2, -0.15) is 0 Å². The van der Waals surface area contributed by atoms with E-state index < -0.39 is 0 Å². The normalized spacial score (nSPS) is 30.3. The molecule has 3 N–H and O–H groups in total. The Labute approximate surface area is 221 Å². The lowest BCUT2D eigenvalue weighted by Crippen LogP contribution is -2.44.